The van der Waals surface area contributed by atoms with Gasteiger partial charge in [-0.25, -0.2) is 9.36 Å². The predicted molar refractivity (Wildman–Crippen MR) is 123 cm³/mol. The van der Waals surface area contributed by atoms with Crippen molar-refractivity contribution in [1.82, 2.24) is 24.1 Å². The maximum atomic E-state index is 12.3. The molecule has 0 spiro atoms. The molecule has 1 aliphatic carbocycles. The minimum atomic E-state index is -0.483. The number of rotatable bonds is 6. The third kappa shape index (κ3) is 4.13. The summed E-state index contributed by atoms with van der Waals surface area (Å²) in [5, 5.41) is 0. The molecule has 0 saturated heterocycles. The largest absolute Gasteiger partial charge is 0.501 e. The second kappa shape index (κ2) is 8.81. The lowest BCUT2D eigenvalue weighted by Gasteiger charge is -2.19. The highest BCUT2D eigenvalue weighted by molar-refractivity contribution is 5.51. The first-order valence-corrected chi connectivity index (χ1v) is 10.8. The molecule has 34 heavy (non-hydrogen) atoms. The van der Waals surface area contributed by atoms with Crippen LogP contribution >= 0.6 is 0 Å². The summed E-state index contributed by atoms with van der Waals surface area (Å²) in [6.45, 7) is 2.13. The number of aromatic amines is 1. The Bertz CT molecular complexity index is 1440. The third-order valence-corrected chi connectivity index (χ3v) is 5.75. The van der Waals surface area contributed by atoms with Crippen molar-refractivity contribution in [3.63, 3.8) is 0 Å². The molecule has 4 aromatic rings. The molecule has 1 aliphatic rings. The fourth-order valence-electron chi connectivity index (χ4n) is 3.92. The summed E-state index contributed by atoms with van der Waals surface area (Å²) in [5.41, 5.74) is 1.58. The van der Waals surface area contributed by atoms with Crippen molar-refractivity contribution in [2.75, 3.05) is 14.2 Å². The maximum absolute atomic E-state index is 12.3. The number of hydrogen-bond donors (Lipinski definition) is 1. The first kappa shape index (κ1) is 21.4. The van der Waals surface area contributed by atoms with E-state index in [1.54, 1.807) is 29.6 Å². The lowest BCUT2D eigenvalue weighted by atomic mass is 9.98. The molecule has 0 aliphatic heterocycles. The van der Waals surface area contributed by atoms with Crippen molar-refractivity contribution >= 4 is 5.70 Å². The lowest BCUT2D eigenvalue weighted by Crippen LogP contribution is -2.40. The third-order valence-electron chi connectivity index (χ3n) is 5.75. The Labute approximate surface area is 195 Å². The molecule has 10 nitrogen and oxygen atoms in total. The van der Waals surface area contributed by atoms with Crippen LogP contribution in [0, 0.1) is 5.92 Å². The summed E-state index contributed by atoms with van der Waals surface area (Å²) in [6.07, 6.45) is 16.0. The van der Waals surface area contributed by atoms with Gasteiger partial charge in [0.2, 0.25) is 0 Å². The summed E-state index contributed by atoms with van der Waals surface area (Å²) in [7, 11) is 3.32. The number of nitrogens with one attached hydrogen (secondary N) is 1. The molecule has 10 heteroatoms. The molecule has 1 atom stereocenters. The average Bonchev–Trinajstić information content (AvgIpc) is 3.54. The van der Waals surface area contributed by atoms with Gasteiger partial charge in [0.15, 0.2) is 12.7 Å². The lowest BCUT2D eigenvalue weighted by molar-refractivity contribution is -0.615. The summed E-state index contributed by atoms with van der Waals surface area (Å²) < 4.78 is 18.0. The van der Waals surface area contributed by atoms with E-state index in [1.807, 2.05) is 76.8 Å². The van der Waals surface area contributed by atoms with E-state index >= 15 is 0 Å². The number of nitrogens with zero attached hydrogens (tertiary/aromatic N) is 6. The van der Waals surface area contributed by atoms with Crippen LogP contribution in [0.4, 0.5) is 0 Å². The van der Waals surface area contributed by atoms with Gasteiger partial charge in [0.25, 0.3) is 0 Å². The molecule has 1 aromatic carbocycles. The summed E-state index contributed by atoms with van der Waals surface area (Å²) in [6, 6.07) is 7.66. The van der Waals surface area contributed by atoms with Gasteiger partial charge in [-0.1, -0.05) is 6.92 Å². The summed E-state index contributed by atoms with van der Waals surface area (Å²) in [5.74, 6) is 2.67. The van der Waals surface area contributed by atoms with Gasteiger partial charge < -0.3 is 9.47 Å². The molecule has 1 unspecified atom stereocenters. The molecule has 3 heterocycles. The van der Waals surface area contributed by atoms with Gasteiger partial charge in [0.05, 0.1) is 56.2 Å². The fourth-order valence-corrected chi connectivity index (χ4v) is 3.92. The smallest absolute Gasteiger partial charge is 0.449 e. The monoisotopic (exact) mass is 459 g/mol. The second-order valence-electron chi connectivity index (χ2n) is 7.97. The van der Waals surface area contributed by atoms with Crippen LogP contribution in [0.3, 0.4) is 0 Å². The number of allylic oxidation sites excluding steroid dienone is 4. The van der Waals surface area contributed by atoms with Crippen molar-refractivity contribution in [2.45, 2.75) is 13.3 Å². The average molecular weight is 460 g/mol. The van der Waals surface area contributed by atoms with Crippen molar-refractivity contribution in [3.05, 3.63) is 90.1 Å². The Morgan fingerprint density at radius 2 is 1.71 bits per heavy atom. The van der Waals surface area contributed by atoms with Crippen LogP contribution in [0.5, 0.6) is 5.75 Å². The molecule has 5 rings (SSSR count). The summed E-state index contributed by atoms with van der Waals surface area (Å²) in [4.78, 5) is 23.7. The van der Waals surface area contributed by atoms with Crippen LogP contribution < -0.4 is 19.6 Å². The maximum Gasteiger partial charge on any atom is 0.449 e. The minimum Gasteiger partial charge on any atom is -0.501 e. The van der Waals surface area contributed by atoms with Crippen molar-refractivity contribution in [1.29, 1.82) is 0 Å². The Morgan fingerprint density at radius 3 is 2.44 bits per heavy atom. The van der Waals surface area contributed by atoms with Crippen LogP contribution in [-0.2, 0) is 4.74 Å². The van der Waals surface area contributed by atoms with Crippen LogP contribution in [0.15, 0.2) is 84.4 Å². The highest BCUT2D eigenvalue weighted by atomic mass is 16.5. The standard InChI is InChI=1S/C24H24N7O3/c1-17-14-19(6-9-21(17)34-3)29-11-13-31(16-29)23-25-22(26-24(32)27-23)30-12-10-28(15-30)18-4-7-20(33-2)8-5-18/h4-13,15-17H,14H2,1-3H3/q+1/p+1. The molecule has 3 aromatic heterocycles. The van der Waals surface area contributed by atoms with E-state index in [4.69, 9.17) is 9.47 Å². The number of H-pyrrole nitrogens is 1. The molecule has 0 bridgehead atoms. The van der Waals surface area contributed by atoms with E-state index in [9.17, 15) is 4.79 Å². The molecule has 0 amide bonds. The van der Waals surface area contributed by atoms with Crippen LogP contribution in [-0.4, -0.2) is 38.3 Å². The molecule has 1 N–H and O–H groups in total. The van der Waals surface area contributed by atoms with Gasteiger partial charge in [-0.05, 0) is 46.4 Å². The highest BCUT2D eigenvalue weighted by Gasteiger charge is 2.21. The number of benzene rings is 1. The molecule has 172 valence electrons. The topological polar surface area (TPSA) is 94.7 Å². The Morgan fingerprint density at radius 1 is 0.971 bits per heavy atom. The predicted octanol–water partition coefficient (Wildman–Crippen LogP) is 1.73. The van der Waals surface area contributed by atoms with Gasteiger partial charge in [-0.15, -0.1) is 0 Å². The minimum absolute atomic E-state index is 0.268. The number of imidazole rings is 2. The molecule has 0 fully saturated rings. The Balaban J connectivity index is 1.43. The van der Waals surface area contributed by atoms with E-state index in [0.717, 1.165) is 29.3 Å². The van der Waals surface area contributed by atoms with Gasteiger partial charge in [0.1, 0.15) is 5.75 Å². The SMILES string of the molecule is COC1=CC=C(n2cc[n+](-c3nc(-[n+]4ccn(-c5ccc(OC)cc5)c4)nc(=O)[nH]3)c2)CC1C. The number of ether oxygens (including phenoxy) is 2. The van der Waals surface area contributed by atoms with E-state index in [-0.39, 0.29) is 11.9 Å². The van der Waals surface area contributed by atoms with Crippen molar-refractivity contribution < 1.29 is 18.6 Å². The van der Waals surface area contributed by atoms with Gasteiger partial charge in [-0.3, -0.25) is 9.13 Å². The highest BCUT2D eigenvalue weighted by Crippen LogP contribution is 2.27. The van der Waals surface area contributed by atoms with E-state index in [1.165, 1.54) is 0 Å². The van der Waals surface area contributed by atoms with Gasteiger partial charge in [0, 0.05) is 12.3 Å². The number of aromatic nitrogens is 7. The molecular weight excluding hydrogens is 434 g/mol. The number of methoxy groups -OCH3 is 2. The van der Waals surface area contributed by atoms with E-state index < -0.39 is 5.69 Å². The molecular formula is C24H25N7O3+2. The van der Waals surface area contributed by atoms with Crippen LogP contribution in [0.1, 0.15) is 13.3 Å². The van der Waals surface area contributed by atoms with Crippen molar-refractivity contribution in [3.8, 4) is 23.3 Å². The Hall–Kier alpha value is -4.47. The molecule has 0 saturated carbocycles. The molecule has 0 radical (unpaired) electrons. The van der Waals surface area contributed by atoms with Gasteiger partial charge >= 0.3 is 17.6 Å². The quantitative estimate of drug-likeness (QED) is 0.443. The second-order valence-corrected chi connectivity index (χ2v) is 7.97. The first-order valence-electron chi connectivity index (χ1n) is 10.8. The van der Waals surface area contributed by atoms with E-state index in [2.05, 4.69) is 21.9 Å². The van der Waals surface area contributed by atoms with Crippen molar-refractivity contribution in [2.24, 2.45) is 5.92 Å². The summed E-state index contributed by atoms with van der Waals surface area (Å²) >= 11 is 0. The zero-order valence-electron chi connectivity index (χ0n) is 19.1. The van der Waals surface area contributed by atoms with Gasteiger partial charge in [-0.2, -0.15) is 9.55 Å². The zero-order valence-corrected chi connectivity index (χ0v) is 19.1. The fraction of sp³-hybridized carbons (Fsp3) is 0.208. The first-order chi connectivity index (χ1) is 16.5. The number of hydrogen-bond acceptors (Lipinski definition) is 5. The zero-order chi connectivity index (χ0) is 23.7. The van der Waals surface area contributed by atoms with Crippen LogP contribution in [0.2, 0.25) is 0 Å². The van der Waals surface area contributed by atoms with Crippen LogP contribution in [0.25, 0.3) is 23.3 Å². The normalized spacial score (nSPS) is 15.6. The van der Waals surface area contributed by atoms with E-state index in [0.29, 0.717) is 5.95 Å². The Kier molecular flexibility index (Phi) is 5.54.